The van der Waals surface area contributed by atoms with Crippen LogP contribution in [-0.2, 0) is 14.9 Å². The first-order chi connectivity index (χ1) is 13.3. The lowest BCUT2D eigenvalue weighted by atomic mass is 9.63. The van der Waals surface area contributed by atoms with Gasteiger partial charge in [-0.2, -0.15) is 0 Å². The molecule has 0 unspecified atom stereocenters. The predicted molar refractivity (Wildman–Crippen MR) is 114 cm³/mol. The number of likely N-dealkylation sites (tertiary alicyclic amines) is 1. The van der Waals surface area contributed by atoms with Gasteiger partial charge in [0.2, 0.25) is 5.91 Å². The molecule has 1 amide bonds. The molecule has 1 aromatic carbocycles. The van der Waals surface area contributed by atoms with Gasteiger partial charge in [-0.3, -0.25) is 4.79 Å². The van der Waals surface area contributed by atoms with Gasteiger partial charge in [-0.15, -0.1) is 0 Å². The topological polar surface area (TPSA) is 41.6 Å². The van der Waals surface area contributed by atoms with Gasteiger partial charge >= 0.3 is 0 Å². The predicted octanol–water partition coefficient (Wildman–Crippen LogP) is 4.44. The molecule has 156 valence electrons. The number of nitrogens with zero attached hydrogens (tertiary/aromatic N) is 1. The average Bonchev–Trinajstić information content (AvgIpc) is 2.68. The van der Waals surface area contributed by atoms with Gasteiger partial charge in [0.25, 0.3) is 0 Å². The van der Waals surface area contributed by atoms with E-state index in [0.717, 1.165) is 6.42 Å². The average molecular weight is 387 g/mol. The zero-order chi connectivity index (χ0) is 20.2. The van der Waals surface area contributed by atoms with Gasteiger partial charge in [0.1, 0.15) is 0 Å². The van der Waals surface area contributed by atoms with Crippen molar-refractivity contribution in [3.63, 3.8) is 0 Å². The molecule has 0 saturated carbocycles. The number of carbonyl (C=O) groups is 1. The molecule has 1 heterocycles. The van der Waals surface area contributed by atoms with Crippen LogP contribution in [0.3, 0.4) is 0 Å². The number of rotatable bonds is 6. The van der Waals surface area contributed by atoms with Crippen LogP contribution in [0.25, 0.3) is 0 Å². The highest BCUT2D eigenvalue weighted by Gasteiger charge is 2.42. The molecule has 0 radical (unpaired) electrons. The normalized spacial score (nSPS) is 22.1. The molecule has 28 heavy (non-hydrogen) atoms. The summed E-state index contributed by atoms with van der Waals surface area (Å²) >= 11 is 0. The molecular weight excluding hydrogens is 348 g/mol. The quantitative estimate of drug-likeness (QED) is 0.786. The Morgan fingerprint density at radius 3 is 2.61 bits per heavy atom. The van der Waals surface area contributed by atoms with E-state index in [0.29, 0.717) is 23.9 Å². The molecule has 1 aliphatic heterocycles. The third kappa shape index (κ3) is 5.15. The number of nitrogens with one attached hydrogen (secondary N) is 1. The number of benzene rings is 1. The minimum absolute atomic E-state index is 0.0922. The zero-order valence-electron chi connectivity index (χ0n) is 18.2. The highest BCUT2D eigenvalue weighted by molar-refractivity contribution is 5.76. The molecule has 1 N–H and O–H groups in total. The Hall–Kier alpha value is -1.39. The standard InChI is InChI=1S/C24H38N2O2/c1-23(2,3)12-15-26-16-13-24(14-17-26)11-9-21(25-22(27)10-18-28-4)19-7-5-6-8-20(19)24/h5-8,21H,9-18H2,1-4H3,(H,25,27)/t21-/m1/s1. The second-order valence-electron chi connectivity index (χ2n) is 9.92. The summed E-state index contributed by atoms with van der Waals surface area (Å²) in [5.74, 6) is 0.0922. The van der Waals surface area contributed by atoms with E-state index in [4.69, 9.17) is 4.74 Å². The number of hydrogen-bond acceptors (Lipinski definition) is 3. The lowest BCUT2D eigenvalue weighted by Crippen LogP contribution is -2.46. The van der Waals surface area contributed by atoms with Gasteiger partial charge in [0.05, 0.1) is 12.6 Å². The van der Waals surface area contributed by atoms with Crippen LogP contribution in [0, 0.1) is 5.41 Å². The summed E-state index contributed by atoms with van der Waals surface area (Å²) in [6, 6.07) is 8.97. The Balaban J connectivity index is 1.67. The Kier molecular flexibility index (Phi) is 6.82. The maximum atomic E-state index is 12.2. The molecule has 1 atom stereocenters. The van der Waals surface area contributed by atoms with Crippen LogP contribution in [0.1, 0.15) is 76.5 Å². The van der Waals surface area contributed by atoms with Crippen molar-refractivity contribution in [3.05, 3.63) is 35.4 Å². The molecule has 0 aromatic heterocycles. The molecule has 1 spiro atoms. The minimum atomic E-state index is 0.0922. The highest BCUT2D eigenvalue weighted by Crippen LogP contribution is 2.48. The van der Waals surface area contributed by atoms with Crippen molar-refractivity contribution in [1.82, 2.24) is 10.2 Å². The van der Waals surface area contributed by atoms with Crippen LogP contribution < -0.4 is 5.32 Å². The lowest BCUT2D eigenvalue weighted by molar-refractivity contribution is -0.122. The molecule has 4 nitrogen and oxygen atoms in total. The summed E-state index contributed by atoms with van der Waals surface area (Å²) in [5.41, 5.74) is 3.51. The lowest BCUT2D eigenvalue weighted by Gasteiger charge is -2.47. The molecule has 0 bridgehead atoms. The van der Waals surface area contributed by atoms with Gasteiger partial charge in [-0.25, -0.2) is 0 Å². The van der Waals surface area contributed by atoms with Crippen LogP contribution in [0.5, 0.6) is 0 Å². The fourth-order valence-electron chi connectivity index (χ4n) is 4.82. The summed E-state index contributed by atoms with van der Waals surface area (Å²) in [7, 11) is 1.64. The number of amides is 1. The summed E-state index contributed by atoms with van der Waals surface area (Å²) in [5, 5.41) is 3.25. The number of piperidine rings is 1. The molecule has 1 fully saturated rings. The summed E-state index contributed by atoms with van der Waals surface area (Å²) < 4.78 is 5.05. The van der Waals surface area contributed by atoms with Gasteiger partial charge in [-0.1, -0.05) is 45.0 Å². The van der Waals surface area contributed by atoms with Crippen LogP contribution >= 0.6 is 0 Å². The van der Waals surface area contributed by atoms with E-state index >= 15 is 0 Å². The maximum absolute atomic E-state index is 12.2. The second kappa shape index (κ2) is 8.96. The fraction of sp³-hybridized carbons (Fsp3) is 0.708. The van der Waals surface area contributed by atoms with Crippen molar-refractivity contribution >= 4 is 5.91 Å². The minimum Gasteiger partial charge on any atom is -0.384 e. The SMILES string of the molecule is COCCC(=O)N[C@@H]1CCC2(CCN(CCC(C)(C)C)CC2)c2ccccc21. The molecule has 1 saturated heterocycles. The smallest absolute Gasteiger partial charge is 0.222 e. The van der Waals surface area contributed by atoms with Crippen molar-refractivity contribution in [2.45, 2.75) is 70.8 Å². The molecule has 3 rings (SSSR count). The van der Waals surface area contributed by atoms with Gasteiger partial charge < -0.3 is 15.0 Å². The Labute approximate surface area is 171 Å². The Morgan fingerprint density at radius 1 is 1.21 bits per heavy atom. The van der Waals surface area contributed by atoms with E-state index in [2.05, 4.69) is 55.3 Å². The first kappa shape index (κ1) is 21.3. The van der Waals surface area contributed by atoms with Crippen LogP contribution in [-0.4, -0.2) is 44.2 Å². The molecule has 2 aliphatic rings. The number of fused-ring (bicyclic) bond motifs is 2. The first-order valence-corrected chi connectivity index (χ1v) is 10.9. The summed E-state index contributed by atoms with van der Waals surface area (Å²) in [6.07, 6.45) is 6.37. The number of methoxy groups -OCH3 is 1. The van der Waals surface area contributed by atoms with E-state index in [1.165, 1.54) is 56.4 Å². The van der Waals surface area contributed by atoms with Crippen LogP contribution in [0.15, 0.2) is 24.3 Å². The van der Waals surface area contributed by atoms with Gasteiger partial charge in [-0.05, 0) is 73.7 Å². The molecule has 1 aliphatic carbocycles. The van der Waals surface area contributed by atoms with E-state index < -0.39 is 0 Å². The van der Waals surface area contributed by atoms with Crippen molar-refractivity contribution in [3.8, 4) is 0 Å². The van der Waals surface area contributed by atoms with E-state index in [9.17, 15) is 4.79 Å². The third-order valence-electron chi connectivity index (χ3n) is 6.68. The largest absolute Gasteiger partial charge is 0.384 e. The highest BCUT2D eigenvalue weighted by atomic mass is 16.5. The number of carbonyl (C=O) groups excluding carboxylic acids is 1. The van der Waals surface area contributed by atoms with Crippen LogP contribution in [0.4, 0.5) is 0 Å². The van der Waals surface area contributed by atoms with Crippen molar-refractivity contribution < 1.29 is 9.53 Å². The van der Waals surface area contributed by atoms with E-state index in [1.807, 2.05) is 0 Å². The first-order valence-electron chi connectivity index (χ1n) is 10.9. The molecule has 1 aromatic rings. The second-order valence-corrected chi connectivity index (χ2v) is 9.92. The summed E-state index contributed by atoms with van der Waals surface area (Å²) in [6.45, 7) is 11.1. The Morgan fingerprint density at radius 2 is 1.93 bits per heavy atom. The number of hydrogen-bond donors (Lipinski definition) is 1. The van der Waals surface area contributed by atoms with Crippen molar-refractivity contribution in [2.75, 3.05) is 33.4 Å². The monoisotopic (exact) mass is 386 g/mol. The fourth-order valence-corrected chi connectivity index (χ4v) is 4.82. The van der Waals surface area contributed by atoms with Crippen LogP contribution in [0.2, 0.25) is 0 Å². The molecular formula is C24H38N2O2. The summed E-state index contributed by atoms with van der Waals surface area (Å²) in [4.78, 5) is 14.9. The third-order valence-corrected chi connectivity index (χ3v) is 6.68. The van der Waals surface area contributed by atoms with Gasteiger partial charge in [0, 0.05) is 13.5 Å². The van der Waals surface area contributed by atoms with Gasteiger partial charge in [0.15, 0.2) is 0 Å². The van der Waals surface area contributed by atoms with Crippen molar-refractivity contribution in [1.29, 1.82) is 0 Å². The maximum Gasteiger partial charge on any atom is 0.222 e. The zero-order valence-corrected chi connectivity index (χ0v) is 18.2. The number of ether oxygens (including phenoxy) is 1. The van der Waals surface area contributed by atoms with E-state index in [1.54, 1.807) is 7.11 Å². The molecule has 4 heteroatoms. The van der Waals surface area contributed by atoms with Crippen molar-refractivity contribution in [2.24, 2.45) is 5.41 Å². The van der Waals surface area contributed by atoms with E-state index in [-0.39, 0.29) is 11.9 Å². The Bertz CT molecular complexity index is 657.